The summed E-state index contributed by atoms with van der Waals surface area (Å²) in [5.74, 6) is -3.80. The van der Waals surface area contributed by atoms with Crippen LogP contribution in [0, 0.1) is 0 Å². The molecular weight excluding hydrogens is 498 g/mol. The molecular formula is C23H26F2N4O6S. The van der Waals surface area contributed by atoms with Gasteiger partial charge >= 0.3 is 12.2 Å². The van der Waals surface area contributed by atoms with Crippen molar-refractivity contribution in [3.05, 3.63) is 23.7 Å². The van der Waals surface area contributed by atoms with E-state index in [1.807, 2.05) is 25.7 Å². The molecule has 3 aliphatic heterocycles. The van der Waals surface area contributed by atoms with Gasteiger partial charge in [-0.3, -0.25) is 4.90 Å². The highest BCUT2D eigenvalue weighted by atomic mass is 32.1. The fourth-order valence-corrected chi connectivity index (χ4v) is 4.99. The maximum absolute atomic E-state index is 14.3. The number of carbonyl (C=O) groups excluding carboxylic acids is 1. The van der Waals surface area contributed by atoms with Gasteiger partial charge < -0.3 is 29.0 Å². The predicted octanol–water partition coefficient (Wildman–Crippen LogP) is 3.82. The molecule has 10 nitrogen and oxygen atoms in total. The quantitative estimate of drug-likeness (QED) is 0.480. The van der Waals surface area contributed by atoms with Gasteiger partial charge in [0.05, 0.1) is 17.6 Å². The summed E-state index contributed by atoms with van der Waals surface area (Å²) >= 11 is 1.33. The number of halogens is 2. The molecule has 2 aromatic heterocycles. The first kappa shape index (κ1) is 24.7. The van der Waals surface area contributed by atoms with Gasteiger partial charge in [-0.1, -0.05) is 0 Å². The molecule has 2 N–H and O–H groups in total. The number of fused-ring (bicyclic) bond motifs is 3. The maximum atomic E-state index is 14.3. The van der Waals surface area contributed by atoms with Crippen LogP contribution in [0.1, 0.15) is 34.1 Å². The molecule has 0 spiro atoms. The highest BCUT2D eigenvalue weighted by molar-refractivity contribution is 7.13. The van der Waals surface area contributed by atoms with Gasteiger partial charge in [-0.15, -0.1) is 11.3 Å². The zero-order chi connectivity index (χ0) is 26.0. The highest BCUT2D eigenvalue weighted by Crippen LogP contribution is 2.42. The lowest BCUT2D eigenvalue weighted by Gasteiger charge is -2.55. The van der Waals surface area contributed by atoms with Crippen LogP contribution in [0.3, 0.4) is 0 Å². The number of nitrogens with zero attached hydrogens (tertiary/aromatic N) is 4. The highest BCUT2D eigenvalue weighted by Gasteiger charge is 2.52. The number of carbonyl (C=O) groups is 1. The molecule has 3 aliphatic rings. The molecule has 2 unspecified atom stereocenters. The average Bonchev–Trinajstić information content (AvgIpc) is 3.42. The number of piperidine rings is 1. The van der Waals surface area contributed by atoms with Crippen LogP contribution in [-0.2, 0) is 4.74 Å². The van der Waals surface area contributed by atoms with Crippen molar-refractivity contribution in [1.82, 2.24) is 14.9 Å². The number of aromatic nitrogens is 2. The van der Waals surface area contributed by atoms with E-state index in [1.165, 1.54) is 23.5 Å². The number of alkyl halides is 2. The Kier molecular flexibility index (Phi) is 5.65. The third-order valence-electron chi connectivity index (χ3n) is 6.02. The van der Waals surface area contributed by atoms with Crippen molar-refractivity contribution >= 4 is 34.5 Å². The van der Waals surface area contributed by atoms with Crippen molar-refractivity contribution in [2.45, 2.75) is 63.7 Å². The Morgan fingerprint density at radius 3 is 2.47 bits per heavy atom. The van der Waals surface area contributed by atoms with E-state index >= 15 is 0 Å². The summed E-state index contributed by atoms with van der Waals surface area (Å²) in [5.41, 5.74) is 0.0897. The number of anilines is 1. The SMILES string of the molecule is CC(C)(C)OC(=O)N1C2CC1CN(c1nc3c(OC(F)(F)C(C)(O)O)ccc(-c4nccs4)c3o1)C2. The van der Waals surface area contributed by atoms with Crippen molar-refractivity contribution in [1.29, 1.82) is 0 Å². The van der Waals surface area contributed by atoms with Gasteiger partial charge in [-0.05, 0) is 46.2 Å². The molecule has 2 atom stereocenters. The molecule has 3 aromatic rings. The number of piperazine rings is 1. The largest absolute Gasteiger partial charge is 0.453 e. The molecule has 0 aliphatic carbocycles. The van der Waals surface area contributed by atoms with E-state index in [2.05, 4.69) is 9.97 Å². The van der Waals surface area contributed by atoms with E-state index in [4.69, 9.17) is 13.9 Å². The van der Waals surface area contributed by atoms with E-state index in [-0.39, 0.29) is 41.0 Å². The van der Waals surface area contributed by atoms with Gasteiger partial charge in [-0.2, -0.15) is 13.8 Å². The van der Waals surface area contributed by atoms with Crippen LogP contribution >= 0.6 is 11.3 Å². The first-order valence-electron chi connectivity index (χ1n) is 11.3. The lowest BCUT2D eigenvalue weighted by atomic mass is 9.88. The third kappa shape index (κ3) is 4.35. The number of hydrogen-bond acceptors (Lipinski definition) is 10. The fourth-order valence-electron chi connectivity index (χ4n) is 4.33. The number of rotatable bonds is 5. The van der Waals surface area contributed by atoms with Gasteiger partial charge in [0.15, 0.2) is 16.8 Å². The molecule has 6 rings (SSSR count). The van der Waals surface area contributed by atoms with E-state index in [1.54, 1.807) is 16.5 Å². The van der Waals surface area contributed by atoms with Gasteiger partial charge in [0.1, 0.15) is 10.6 Å². The molecule has 194 valence electrons. The molecule has 1 aromatic carbocycles. The second-order valence-electron chi connectivity index (χ2n) is 10.1. The Morgan fingerprint density at radius 1 is 1.19 bits per heavy atom. The molecule has 1 amide bonds. The molecule has 3 saturated heterocycles. The summed E-state index contributed by atoms with van der Waals surface area (Å²) in [4.78, 5) is 24.8. The number of benzene rings is 1. The van der Waals surface area contributed by atoms with E-state index in [9.17, 15) is 23.8 Å². The minimum atomic E-state index is -4.32. The summed E-state index contributed by atoms with van der Waals surface area (Å²) in [7, 11) is 0. The third-order valence-corrected chi connectivity index (χ3v) is 6.82. The Bertz CT molecular complexity index is 1270. The van der Waals surface area contributed by atoms with Crippen LogP contribution in [-0.4, -0.2) is 73.8 Å². The Labute approximate surface area is 209 Å². The number of oxazole rings is 1. The summed E-state index contributed by atoms with van der Waals surface area (Å²) in [6, 6.07) is 2.75. The first-order valence-corrected chi connectivity index (χ1v) is 12.2. The maximum Gasteiger partial charge on any atom is 0.453 e. The predicted molar refractivity (Wildman–Crippen MR) is 126 cm³/mol. The van der Waals surface area contributed by atoms with Gasteiger partial charge in [0.2, 0.25) is 0 Å². The average molecular weight is 525 g/mol. The van der Waals surface area contributed by atoms with Crippen molar-refractivity contribution in [2.75, 3.05) is 18.0 Å². The Hall–Kier alpha value is -3.03. The number of hydrogen-bond donors (Lipinski definition) is 2. The first-order chi connectivity index (χ1) is 16.7. The number of ether oxygens (including phenoxy) is 2. The normalized spacial score (nSPS) is 20.4. The smallest absolute Gasteiger partial charge is 0.444 e. The van der Waals surface area contributed by atoms with Gasteiger partial charge in [-0.25, -0.2) is 9.78 Å². The number of aliphatic hydroxyl groups is 2. The van der Waals surface area contributed by atoms with Gasteiger partial charge in [0, 0.05) is 24.7 Å². The summed E-state index contributed by atoms with van der Waals surface area (Å²) in [6.07, 6.45) is -2.27. The fraction of sp³-hybridized carbons (Fsp3) is 0.522. The van der Waals surface area contributed by atoms with E-state index in [0.717, 1.165) is 6.42 Å². The van der Waals surface area contributed by atoms with Crippen LogP contribution < -0.4 is 9.64 Å². The second-order valence-corrected chi connectivity index (χ2v) is 11.0. The minimum Gasteiger partial charge on any atom is -0.444 e. The van der Waals surface area contributed by atoms with Crippen molar-refractivity contribution in [2.24, 2.45) is 0 Å². The number of thiazole rings is 1. The molecule has 13 heteroatoms. The molecule has 0 saturated carbocycles. The summed E-state index contributed by atoms with van der Waals surface area (Å²) < 4.78 is 44.9. The molecule has 3 fully saturated rings. The van der Waals surface area contributed by atoms with Crippen molar-refractivity contribution in [3.63, 3.8) is 0 Å². The van der Waals surface area contributed by atoms with Crippen LogP contribution in [0.25, 0.3) is 21.7 Å². The second kappa shape index (κ2) is 8.25. The minimum absolute atomic E-state index is 0.00938. The number of amides is 1. The lowest BCUT2D eigenvalue weighted by molar-refractivity contribution is -0.359. The zero-order valence-electron chi connectivity index (χ0n) is 20.1. The Morgan fingerprint density at radius 2 is 1.89 bits per heavy atom. The van der Waals surface area contributed by atoms with Gasteiger partial charge in [0.25, 0.3) is 11.8 Å². The lowest BCUT2D eigenvalue weighted by Crippen LogP contribution is -2.70. The van der Waals surface area contributed by atoms with Crippen LogP contribution in [0.2, 0.25) is 0 Å². The standard InChI is InChI=1S/C23H26F2N4O6S/c1-21(2,3)35-20(30)29-12-9-13(29)11-28(10-12)19-27-16-15(34-23(24,25)22(4,31)32)6-5-14(17(16)33-19)18-26-7-8-36-18/h5-8,12-13,31-32H,9-11H2,1-4H3. The summed E-state index contributed by atoms with van der Waals surface area (Å²) in [5, 5.41) is 21.2. The van der Waals surface area contributed by atoms with Crippen LogP contribution in [0.15, 0.2) is 28.1 Å². The molecule has 36 heavy (non-hydrogen) atoms. The van der Waals surface area contributed by atoms with Crippen molar-refractivity contribution < 1.29 is 37.7 Å². The van der Waals surface area contributed by atoms with Crippen LogP contribution in [0.5, 0.6) is 5.75 Å². The monoisotopic (exact) mass is 524 g/mol. The van der Waals surface area contributed by atoms with Crippen LogP contribution in [0.4, 0.5) is 19.6 Å². The molecule has 0 radical (unpaired) electrons. The summed E-state index contributed by atoms with van der Waals surface area (Å²) in [6.45, 7) is 6.80. The molecule has 2 bridgehead atoms. The van der Waals surface area contributed by atoms with Crippen molar-refractivity contribution in [3.8, 4) is 16.3 Å². The Balaban J connectivity index is 1.46. The van der Waals surface area contributed by atoms with E-state index < -0.39 is 17.5 Å². The topological polar surface area (TPSA) is 121 Å². The molecule has 5 heterocycles. The zero-order valence-corrected chi connectivity index (χ0v) is 20.9. The van der Waals surface area contributed by atoms with E-state index in [0.29, 0.717) is 30.6 Å².